The zero-order valence-corrected chi connectivity index (χ0v) is 11.6. The number of nitrogens with two attached hydrogens (primary N) is 1. The van der Waals surface area contributed by atoms with E-state index in [9.17, 15) is 4.79 Å². The van der Waals surface area contributed by atoms with Crippen molar-refractivity contribution in [1.82, 2.24) is 5.32 Å². The summed E-state index contributed by atoms with van der Waals surface area (Å²) in [4.78, 5) is 12.4. The van der Waals surface area contributed by atoms with Crippen molar-refractivity contribution in [3.05, 3.63) is 0 Å². The second kappa shape index (κ2) is 5.57. The Bertz CT molecular complexity index is 302. The van der Waals surface area contributed by atoms with Crippen LogP contribution in [0.3, 0.4) is 0 Å². The summed E-state index contributed by atoms with van der Waals surface area (Å²) in [7, 11) is 0. The van der Waals surface area contributed by atoms with E-state index in [4.69, 9.17) is 10.5 Å². The van der Waals surface area contributed by atoms with E-state index in [2.05, 4.69) is 12.2 Å². The molecule has 2 rings (SSSR count). The SMILES string of the molecule is C[C@H](NC(=O)C1(C)COCC1N)C1CCCCC1. The van der Waals surface area contributed by atoms with Crippen LogP contribution in [-0.4, -0.2) is 31.2 Å². The minimum Gasteiger partial charge on any atom is -0.379 e. The Morgan fingerprint density at radius 1 is 1.39 bits per heavy atom. The van der Waals surface area contributed by atoms with Crippen molar-refractivity contribution in [1.29, 1.82) is 0 Å². The average Bonchev–Trinajstić information content (AvgIpc) is 2.72. The number of amides is 1. The van der Waals surface area contributed by atoms with E-state index >= 15 is 0 Å². The molecule has 18 heavy (non-hydrogen) atoms. The van der Waals surface area contributed by atoms with Crippen LogP contribution in [0, 0.1) is 11.3 Å². The van der Waals surface area contributed by atoms with E-state index in [0.29, 0.717) is 19.1 Å². The first-order chi connectivity index (χ1) is 8.54. The first kappa shape index (κ1) is 13.8. The van der Waals surface area contributed by atoms with Gasteiger partial charge in [0.25, 0.3) is 0 Å². The smallest absolute Gasteiger partial charge is 0.230 e. The fourth-order valence-electron chi connectivity index (χ4n) is 3.05. The number of hydrogen-bond donors (Lipinski definition) is 2. The maximum atomic E-state index is 12.4. The zero-order valence-electron chi connectivity index (χ0n) is 11.6. The number of nitrogens with one attached hydrogen (secondary N) is 1. The van der Waals surface area contributed by atoms with Crippen molar-refractivity contribution < 1.29 is 9.53 Å². The lowest BCUT2D eigenvalue weighted by atomic mass is 9.82. The van der Waals surface area contributed by atoms with Gasteiger partial charge in [0.1, 0.15) is 0 Å². The van der Waals surface area contributed by atoms with Crippen molar-refractivity contribution in [2.75, 3.05) is 13.2 Å². The Labute approximate surface area is 110 Å². The van der Waals surface area contributed by atoms with Crippen LogP contribution in [0.2, 0.25) is 0 Å². The van der Waals surface area contributed by atoms with Crippen LogP contribution in [0.25, 0.3) is 0 Å². The molecule has 104 valence electrons. The summed E-state index contributed by atoms with van der Waals surface area (Å²) < 4.78 is 5.33. The normalized spacial score (nSPS) is 35.4. The van der Waals surface area contributed by atoms with Gasteiger partial charge in [0.2, 0.25) is 5.91 Å². The van der Waals surface area contributed by atoms with Gasteiger partial charge >= 0.3 is 0 Å². The number of ether oxygens (including phenoxy) is 1. The molecule has 0 spiro atoms. The Morgan fingerprint density at radius 3 is 2.61 bits per heavy atom. The van der Waals surface area contributed by atoms with Crippen LogP contribution in [0.4, 0.5) is 0 Å². The molecule has 1 heterocycles. The van der Waals surface area contributed by atoms with E-state index in [0.717, 1.165) is 0 Å². The van der Waals surface area contributed by atoms with Gasteiger partial charge in [-0.15, -0.1) is 0 Å². The highest BCUT2D eigenvalue weighted by molar-refractivity contribution is 5.83. The molecule has 0 bridgehead atoms. The molecule has 3 N–H and O–H groups in total. The molecule has 1 aliphatic heterocycles. The fraction of sp³-hybridized carbons (Fsp3) is 0.929. The molecule has 0 aromatic carbocycles. The second-order valence-corrected chi connectivity index (χ2v) is 6.20. The minimum absolute atomic E-state index is 0.0607. The highest BCUT2D eigenvalue weighted by Gasteiger charge is 2.44. The summed E-state index contributed by atoms with van der Waals surface area (Å²) in [5.41, 5.74) is 5.43. The van der Waals surface area contributed by atoms with E-state index in [-0.39, 0.29) is 18.0 Å². The van der Waals surface area contributed by atoms with Crippen LogP contribution in [0.15, 0.2) is 0 Å². The monoisotopic (exact) mass is 254 g/mol. The summed E-state index contributed by atoms with van der Waals surface area (Å²) in [6.45, 7) is 4.96. The Balaban J connectivity index is 1.90. The van der Waals surface area contributed by atoms with Crippen molar-refractivity contribution in [2.45, 2.75) is 58.0 Å². The largest absolute Gasteiger partial charge is 0.379 e. The number of carbonyl (C=O) groups is 1. The number of carbonyl (C=O) groups excluding carboxylic acids is 1. The van der Waals surface area contributed by atoms with Crippen LogP contribution in [0.5, 0.6) is 0 Å². The molecule has 1 aliphatic carbocycles. The summed E-state index contributed by atoms with van der Waals surface area (Å²) in [5.74, 6) is 0.690. The lowest BCUT2D eigenvalue weighted by Crippen LogP contribution is -2.53. The Morgan fingerprint density at radius 2 is 2.06 bits per heavy atom. The molecule has 1 saturated carbocycles. The Hall–Kier alpha value is -0.610. The molecule has 2 unspecified atom stereocenters. The highest BCUT2D eigenvalue weighted by Crippen LogP contribution is 2.30. The molecule has 0 aromatic heterocycles. The summed E-state index contributed by atoms with van der Waals surface area (Å²) >= 11 is 0. The molecule has 3 atom stereocenters. The summed E-state index contributed by atoms with van der Waals surface area (Å²) in [6, 6.07) is 0.0680. The first-order valence-electron chi connectivity index (χ1n) is 7.18. The molecule has 1 saturated heterocycles. The zero-order chi connectivity index (χ0) is 13.2. The predicted octanol–water partition coefficient (Wildman–Crippen LogP) is 1.44. The number of rotatable bonds is 3. The predicted molar refractivity (Wildman–Crippen MR) is 71.1 cm³/mol. The van der Waals surface area contributed by atoms with Crippen LogP contribution in [0.1, 0.15) is 46.0 Å². The quantitative estimate of drug-likeness (QED) is 0.801. The van der Waals surface area contributed by atoms with Crippen molar-refractivity contribution in [2.24, 2.45) is 17.1 Å². The van der Waals surface area contributed by atoms with Crippen LogP contribution in [-0.2, 0) is 9.53 Å². The van der Waals surface area contributed by atoms with E-state index in [1.807, 2.05) is 6.92 Å². The maximum Gasteiger partial charge on any atom is 0.230 e. The Kier molecular flexibility index (Phi) is 4.28. The van der Waals surface area contributed by atoms with Gasteiger partial charge in [0.05, 0.1) is 18.6 Å². The third kappa shape index (κ3) is 2.69. The lowest BCUT2D eigenvalue weighted by Gasteiger charge is -2.32. The van der Waals surface area contributed by atoms with E-state index in [1.54, 1.807) is 0 Å². The molecule has 0 aromatic rings. The van der Waals surface area contributed by atoms with Gasteiger partial charge in [-0.2, -0.15) is 0 Å². The van der Waals surface area contributed by atoms with E-state index < -0.39 is 5.41 Å². The van der Waals surface area contributed by atoms with Crippen molar-refractivity contribution >= 4 is 5.91 Å². The lowest BCUT2D eigenvalue weighted by molar-refractivity contribution is -0.131. The molecule has 2 fully saturated rings. The summed E-state index contributed by atoms with van der Waals surface area (Å²) in [6.07, 6.45) is 6.41. The minimum atomic E-state index is -0.553. The second-order valence-electron chi connectivity index (χ2n) is 6.20. The third-order valence-corrected chi connectivity index (χ3v) is 4.75. The maximum absolute atomic E-state index is 12.4. The van der Waals surface area contributed by atoms with Crippen LogP contribution < -0.4 is 11.1 Å². The molecular formula is C14H26N2O2. The van der Waals surface area contributed by atoms with Gasteiger partial charge in [0.15, 0.2) is 0 Å². The molecule has 1 amide bonds. The standard InChI is InChI=1S/C14H26N2O2/c1-10(11-6-4-3-5-7-11)16-13(17)14(2)9-18-8-12(14)15/h10-12H,3-9,15H2,1-2H3,(H,16,17)/t10-,12?,14?/m0/s1. The highest BCUT2D eigenvalue weighted by atomic mass is 16.5. The van der Waals surface area contributed by atoms with Gasteiger partial charge in [-0.05, 0) is 32.6 Å². The molecule has 0 radical (unpaired) electrons. The topological polar surface area (TPSA) is 64.3 Å². The van der Waals surface area contributed by atoms with Gasteiger partial charge in [-0.1, -0.05) is 19.3 Å². The average molecular weight is 254 g/mol. The number of hydrogen-bond acceptors (Lipinski definition) is 3. The first-order valence-corrected chi connectivity index (χ1v) is 7.18. The molecule has 2 aliphatic rings. The van der Waals surface area contributed by atoms with Gasteiger partial charge in [0, 0.05) is 12.1 Å². The third-order valence-electron chi connectivity index (χ3n) is 4.75. The fourth-order valence-corrected chi connectivity index (χ4v) is 3.05. The summed E-state index contributed by atoms with van der Waals surface area (Å²) in [5, 5.41) is 3.16. The van der Waals surface area contributed by atoms with Crippen LogP contribution >= 0.6 is 0 Å². The van der Waals surface area contributed by atoms with Gasteiger partial charge in [-0.25, -0.2) is 0 Å². The van der Waals surface area contributed by atoms with Gasteiger partial charge in [-0.3, -0.25) is 4.79 Å². The molecule has 4 nitrogen and oxygen atoms in total. The van der Waals surface area contributed by atoms with E-state index in [1.165, 1.54) is 32.1 Å². The molecule has 4 heteroatoms. The molecular weight excluding hydrogens is 228 g/mol. The van der Waals surface area contributed by atoms with Gasteiger partial charge < -0.3 is 15.8 Å². The van der Waals surface area contributed by atoms with Crippen molar-refractivity contribution in [3.8, 4) is 0 Å². The van der Waals surface area contributed by atoms with Crippen molar-refractivity contribution in [3.63, 3.8) is 0 Å².